The molecule has 102 valence electrons. The molecular weight excluding hydrogens is 258 g/mol. The standard InChI is InChI=1S/C13H13N5O2/c1-18(10-6-4-5-9(7-10)8-14)11-15-12(19-2)17-13(16-11)20-3/h4-7H,1-3H3. The van der Waals surface area contributed by atoms with Crippen molar-refractivity contribution in [1.82, 2.24) is 15.0 Å². The van der Waals surface area contributed by atoms with E-state index in [0.717, 1.165) is 5.69 Å². The summed E-state index contributed by atoms with van der Waals surface area (Å²) < 4.78 is 10.0. The highest BCUT2D eigenvalue weighted by atomic mass is 16.5. The lowest BCUT2D eigenvalue weighted by atomic mass is 10.2. The van der Waals surface area contributed by atoms with Crippen LogP contribution in [0.4, 0.5) is 11.6 Å². The fourth-order valence-corrected chi connectivity index (χ4v) is 1.56. The van der Waals surface area contributed by atoms with Crippen molar-refractivity contribution < 1.29 is 9.47 Å². The van der Waals surface area contributed by atoms with Crippen LogP contribution in [0.25, 0.3) is 0 Å². The molecule has 0 aliphatic rings. The quantitative estimate of drug-likeness (QED) is 0.833. The summed E-state index contributed by atoms with van der Waals surface area (Å²) in [5, 5.41) is 8.93. The Bertz CT molecular complexity index is 631. The Morgan fingerprint density at radius 1 is 1.10 bits per heavy atom. The molecule has 20 heavy (non-hydrogen) atoms. The molecule has 0 aliphatic carbocycles. The van der Waals surface area contributed by atoms with Gasteiger partial charge in [0.1, 0.15) is 0 Å². The first kappa shape index (κ1) is 13.5. The van der Waals surface area contributed by atoms with Crippen LogP contribution >= 0.6 is 0 Å². The lowest BCUT2D eigenvalue weighted by Gasteiger charge is -2.17. The lowest BCUT2D eigenvalue weighted by molar-refractivity contribution is 0.340. The molecule has 1 aromatic carbocycles. The van der Waals surface area contributed by atoms with Gasteiger partial charge in [-0.3, -0.25) is 0 Å². The number of anilines is 2. The van der Waals surface area contributed by atoms with E-state index in [4.69, 9.17) is 14.7 Å². The van der Waals surface area contributed by atoms with Crippen molar-refractivity contribution in [3.8, 4) is 18.1 Å². The fourth-order valence-electron chi connectivity index (χ4n) is 1.56. The third kappa shape index (κ3) is 2.75. The predicted octanol–water partition coefficient (Wildman–Crippen LogP) is 1.53. The summed E-state index contributed by atoms with van der Waals surface area (Å²) in [5.74, 6) is 0.365. The summed E-state index contributed by atoms with van der Waals surface area (Å²) in [4.78, 5) is 14.0. The maximum absolute atomic E-state index is 8.93. The Labute approximate surface area is 116 Å². The third-order valence-electron chi connectivity index (χ3n) is 2.61. The Morgan fingerprint density at radius 2 is 1.75 bits per heavy atom. The second-order valence-electron chi connectivity index (χ2n) is 3.83. The molecule has 0 atom stereocenters. The molecule has 7 nitrogen and oxygen atoms in total. The van der Waals surface area contributed by atoms with Crippen molar-refractivity contribution in [1.29, 1.82) is 5.26 Å². The van der Waals surface area contributed by atoms with Crippen LogP contribution in [0.1, 0.15) is 5.56 Å². The fraction of sp³-hybridized carbons (Fsp3) is 0.231. The van der Waals surface area contributed by atoms with Gasteiger partial charge in [-0.2, -0.15) is 15.2 Å². The molecule has 0 amide bonds. The van der Waals surface area contributed by atoms with Gasteiger partial charge in [-0.1, -0.05) is 6.07 Å². The first-order valence-electron chi connectivity index (χ1n) is 5.76. The summed E-state index contributed by atoms with van der Waals surface area (Å²) in [6.45, 7) is 0. The third-order valence-corrected chi connectivity index (χ3v) is 2.61. The van der Waals surface area contributed by atoms with Crippen LogP contribution in [0.2, 0.25) is 0 Å². The maximum atomic E-state index is 8.93. The SMILES string of the molecule is COc1nc(OC)nc(N(C)c2cccc(C#N)c2)n1. The van der Waals surface area contributed by atoms with E-state index in [1.54, 1.807) is 30.1 Å². The molecule has 0 unspecified atom stereocenters. The smallest absolute Gasteiger partial charge is 0.324 e. The van der Waals surface area contributed by atoms with Gasteiger partial charge in [-0.05, 0) is 18.2 Å². The number of aromatic nitrogens is 3. The van der Waals surface area contributed by atoms with Gasteiger partial charge in [0.15, 0.2) is 0 Å². The van der Waals surface area contributed by atoms with E-state index >= 15 is 0 Å². The van der Waals surface area contributed by atoms with E-state index in [1.165, 1.54) is 14.2 Å². The van der Waals surface area contributed by atoms with Gasteiger partial charge >= 0.3 is 12.0 Å². The van der Waals surface area contributed by atoms with Crippen molar-refractivity contribution in [3.63, 3.8) is 0 Å². The zero-order chi connectivity index (χ0) is 14.5. The molecule has 2 aromatic rings. The molecular formula is C13H13N5O2. The predicted molar refractivity (Wildman–Crippen MR) is 72.2 cm³/mol. The van der Waals surface area contributed by atoms with Gasteiger partial charge in [-0.25, -0.2) is 0 Å². The Hall–Kier alpha value is -2.88. The van der Waals surface area contributed by atoms with Crippen molar-refractivity contribution in [2.45, 2.75) is 0 Å². The number of nitrogens with zero attached hydrogens (tertiary/aromatic N) is 5. The van der Waals surface area contributed by atoms with Crippen molar-refractivity contribution in [3.05, 3.63) is 29.8 Å². The molecule has 0 N–H and O–H groups in total. The Balaban J connectivity index is 2.41. The molecule has 1 aromatic heterocycles. The van der Waals surface area contributed by atoms with Crippen LogP contribution in [0.15, 0.2) is 24.3 Å². The first-order valence-corrected chi connectivity index (χ1v) is 5.76. The van der Waals surface area contributed by atoms with E-state index in [9.17, 15) is 0 Å². The highest BCUT2D eigenvalue weighted by Gasteiger charge is 2.13. The van der Waals surface area contributed by atoms with E-state index in [-0.39, 0.29) is 12.0 Å². The van der Waals surface area contributed by atoms with Gasteiger partial charge in [0.25, 0.3) is 0 Å². The van der Waals surface area contributed by atoms with Crippen LogP contribution in [0, 0.1) is 11.3 Å². The average molecular weight is 271 g/mol. The summed E-state index contributed by atoms with van der Waals surface area (Å²) in [6, 6.07) is 9.52. The van der Waals surface area contributed by atoms with E-state index < -0.39 is 0 Å². The van der Waals surface area contributed by atoms with Crippen LogP contribution in [-0.2, 0) is 0 Å². The summed E-state index contributed by atoms with van der Waals surface area (Å²) in [5.41, 5.74) is 1.33. The minimum absolute atomic E-state index is 0.162. The number of rotatable bonds is 4. The minimum atomic E-state index is 0.162. The monoisotopic (exact) mass is 271 g/mol. The number of methoxy groups -OCH3 is 2. The van der Waals surface area contributed by atoms with Crippen LogP contribution in [0.3, 0.4) is 0 Å². The number of ether oxygens (including phenoxy) is 2. The summed E-state index contributed by atoms with van der Waals surface area (Å²) >= 11 is 0. The van der Waals surface area contributed by atoms with Crippen molar-refractivity contribution >= 4 is 11.6 Å². The van der Waals surface area contributed by atoms with E-state index in [2.05, 4.69) is 21.0 Å². The molecule has 2 rings (SSSR count). The molecule has 0 radical (unpaired) electrons. The molecule has 0 spiro atoms. The Morgan fingerprint density at radius 3 is 2.30 bits per heavy atom. The van der Waals surface area contributed by atoms with Crippen molar-refractivity contribution in [2.24, 2.45) is 0 Å². The van der Waals surface area contributed by atoms with Gasteiger partial charge in [-0.15, -0.1) is 4.98 Å². The average Bonchev–Trinajstić information content (AvgIpc) is 2.53. The second kappa shape index (κ2) is 5.84. The maximum Gasteiger partial charge on any atom is 0.324 e. The lowest BCUT2D eigenvalue weighted by Crippen LogP contribution is -2.15. The van der Waals surface area contributed by atoms with Gasteiger partial charge in [0, 0.05) is 12.7 Å². The molecule has 0 fully saturated rings. The molecule has 0 aliphatic heterocycles. The van der Waals surface area contributed by atoms with Crippen LogP contribution in [0.5, 0.6) is 12.0 Å². The normalized spacial score (nSPS) is 9.70. The Kier molecular flexibility index (Phi) is 3.96. The summed E-state index contributed by atoms with van der Waals surface area (Å²) in [6.07, 6.45) is 0. The second-order valence-corrected chi connectivity index (χ2v) is 3.83. The highest BCUT2D eigenvalue weighted by molar-refractivity contribution is 5.59. The first-order chi connectivity index (χ1) is 9.67. The minimum Gasteiger partial charge on any atom is -0.467 e. The van der Waals surface area contributed by atoms with Crippen molar-refractivity contribution in [2.75, 3.05) is 26.2 Å². The summed E-state index contributed by atoms with van der Waals surface area (Å²) in [7, 11) is 4.72. The molecule has 0 bridgehead atoms. The van der Waals surface area contributed by atoms with Crippen LogP contribution < -0.4 is 14.4 Å². The topological polar surface area (TPSA) is 84.2 Å². The van der Waals surface area contributed by atoms with Gasteiger partial charge < -0.3 is 14.4 Å². The number of hydrogen-bond acceptors (Lipinski definition) is 7. The largest absolute Gasteiger partial charge is 0.467 e. The van der Waals surface area contributed by atoms with Gasteiger partial charge in [0.2, 0.25) is 5.95 Å². The molecule has 0 saturated heterocycles. The zero-order valence-electron chi connectivity index (χ0n) is 11.4. The van der Waals surface area contributed by atoms with E-state index in [0.29, 0.717) is 11.5 Å². The number of nitriles is 1. The van der Waals surface area contributed by atoms with E-state index in [1.807, 2.05) is 6.07 Å². The van der Waals surface area contributed by atoms with Gasteiger partial charge in [0.05, 0.1) is 25.9 Å². The van der Waals surface area contributed by atoms with Crippen LogP contribution in [-0.4, -0.2) is 36.2 Å². The number of benzene rings is 1. The zero-order valence-corrected chi connectivity index (χ0v) is 11.4. The molecule has 7 heteroatoms. The highest BCUT2D eigenvalue weighted by Crippen LogP contribution is 2.23. The molecule has 1 heterocycles. The molecule has 0 saturated carbocycles. The number of hydrogen-bond donors (Lipinski definition) is 0.